The van der Waals surface area contributed by atoms with Crippen molar-refractivity contribution in [3.8, 4) is 0 Å². The van der Waals surface area contributed by atoms with Crippen LogP contribution in [0.1, 0.15) is 46.0 Å². The second-order valence-corrected chi connectivity index (χ2v) is 5.63. The molecule has 0 radical (unpaired) electrons. The van der Waals surface area contributed by atoms with E-state index >= 15 is 0 Å². The lowest BCUT2D eigenvalue weighted by atomic mass is 9.88. The van der Waals surface area contributed by atoms with Crippen LogP contribution in [-0.4, -0.2) is 23.9 Å². The molecule has 1 saturated heterocycles. The molecule has 1 saturated carbocycles. The second kappa shape index (κ2) is 4.54. The molecule has 2 aliphatic rings. The summed E-state index contributed by atoms with van der Waals surface area (Å²) in [6.45, 7) is 6.58. The van der Waals surface area contributed by atoms with E-state index in [1.807, 2.05) is 0 Å². The molecule has 0 unspecified atom stereocenters. The van der Waals surface area contributed by atoms with E-state index < -0.39 is 0 Å². The van der Waals surface area contributed by atoms with E-state index in [2.05, 4.69) is 18.7 Å². The van der Waals surface area contributed by atoms with Crippen LogP contribution in [0.3, 0.4) is 0 Å². The summed E-state index contributed by atoms with van der Waals surface area (Å²) in [6, 6.07) is 0. The molecule has 0 bridgehead atoms. The second-order valence-electron chi connectivity index (χ2n) is 5.63. The fourth-order valence-corrected chi connectivity index (χ4v) is 2.48. The molecule has 1 heterocycles. The van der Waals surface area contributed by atoms with E-state index in [0.29, 0.717) is 5.91 Å². The summed E-state index contributed by atoms with van der Waals surface area (Å²) < 4.78 is 0. The number of amides is 1. The first kappa shape index (κ1) is 11.0. The highest BCUT2D eigenvalue weighted by Crippen LogP contribution is 2.33. The van der Waals surface area contributed by atoms with Gasteiger partial charge in [0.05, 0.1) is 0 Å². The Morgan fingerprint density at radius 1 is 1.33 bits per heavy atom. The van der Waals surface area contributed by atoms with Crippen LogP contribution in [0.5, 0.6) is 0 Å². The highest BCUT2D eigenvalue weighted by atomic mass is 16.2. The van der Waals surface area contributed by atoms with Crippen LogP contribution in [0.4, 0.5) is 0 Å². The van der Waals surface area contributed by atoms with E-state index in [1.54, 1.807) is 0 Å². The third-order valence-corrected chi connectivity index (χ3v) is 3.91. The number of nitrogens with zero attached hydrogens (tertiary/aromatic N) is 1. The van der Waals surface area contributed by atoms with Gasteiger partial charge in [0.1, 0.15) is 0 Å². The van der Waals surface area contributed by atoms with Gasteiger partial charge in [-0.15, -0.1) is 0 Å². The fourth-order valence-electron chi connectivity index (χ4n) is 2.48. The molecule has 15 heavy (non-hydrogen) atoms. The van der Waals surface area contributed by atoms with Gasteiger partial charge in [-0.1, -0.05) is 13.8 Å². The molecule has 0 aromatic heterocycles. The molecule has 2 heteroatoms. The molecule has 0 aromatic rings. The standard InChI is InChI=1S/C13H23NO/c1-10(2)12-4-3-7-14(9-12)13(15)8-11-5-6-11/h10-12H,3-9H2,1-2H3/t12-/m1/s1. The van der Waals surface area contributed by atoms with Gasteiger partial charge < -0.3 is 4.90 Å². The van der Waals surface area contributed by atoms with Crippen molar-refractivity contribution in [2.45, 2.75) is 46.0 Å². The summed E-state index contributed by atoms with van der Waals surface area (Å²) in [5.74, 6) is 2.61. The molecule has 2 fully saturated rings. The van der Waals surface area contributed by atoms with Gasteiger partial charge in [-0.25, -0.2) is 0 Å². The Bertz CT molecular complexity index is 233. The van der Waals surface area contributed by atoms with E-state index in [4.69, 9.17) is 0 Å². The first-order chi connectivity index (χ1) is 7.16. The molecule has 2 rings (SSSR count). The average Bonchev–Trinajstić information content (AvgIpc) is 3.02. The Morgan fingerprint density at radius 2 is 2.07 bits per heavy atom. The lowest BCUT2D eigenvalue weighted by Gasteiger charge is -2.35. The minimum atomic E-state index is 0.419. The van der Waals surface area contributed by atoms with Gasteiger partial charge in [0.15, 0.2) is 0 Å². The van der Waals surface area contributed by atoms with Crippen LogP contribution in [-0.2, 0) is 4.79 Å². The molecule has 0 aromatic carbocycles. The highest BCUT2D eigenvalue weighted by molar-refractivity contribution is 5.76. The Kier molecular flexibility index (Phi) is 3.32. The van der Waals surface area contributed by atoms with E-state index in [9.17, 15) is 4.79 Å². The Hall–Kier alpha value is -0.530. The van der Waals surface area contributed by atoms with Crippen LogP contribution in [0.2, 0.25) is 0 Å². The number of likely N-dealkylation sites (tertiary alicyclic amines) is 1. The van der Waals surface area contributed by atoms with Crippen LogP contribution < -0.4 is 0 Å². The maximum Gasteiger partial charge on any atom is 0.222 e. The average molecular weight is 209 g/mol. The Morgan fingerprint density at radius 3 is 2.67 bits per heavy atom. The predicted molar refractivity (Wildman–Crippen MR) is 61.5 cm³/mol. The zero-order valence-corrected chi connectivity index (χ0v) is 10.0. The summed E-state index contributed by atoms with van der Waals surface area (Å²) in [7, 11) is 0. The summed E-state index contributed by atoms with van der Waals surface area (Å²) in [4.78, 5) is 14.1. The summed E-state index contributed by atoms with van der Waals surface area (Å²) >= 11 is 0. The molecular weight excluding hydrogens is 186 g/mol. The summed E-state index contributed by atoms with van der Waals surface area (Å²) in [5.41, 5.74) is 0. The minimum absolute atomic E-state index is 0.419. The van der Waals surface area contributed by atoms with Crippen LogP contribution in [0.15, 0.2) is 0 Å². The maximum atomic E-state index is 11.9. The quantitative estimate of drug-likeness (QED) is 0.700. The number of hydrogen-bond acceptors (Lipinski definition) is 1. The SMILES string of the molecule is CC(C)[C@@H]1CCCN(C(=O)CC2CC2)C1. The number of carbonyl (C=O) groups excluding carboxylic acids is 1. The van der Waals surface area contributed by atoms with Crippen molar-refractivity contribution < 1.29 is 4.79 Å². The van der Waals surface area contributed by atoms with Gasteiger partial charge in [-0.2, -0.15) is 0 Å². The molecule has 0 N–H and O–H groups in total. The van der Waals surface area contributed by atoms with Gasteiger partial charge in [0.2, 0.25) is 5.91 Å². The number of rotatable bonds is 3. The van der Waals surface area contributed by atoms with E-state index in [-0.39, 0.29) is 0 Å². The molecular formula is C13H23NO. The van der Waals surface area contributed by atoms with Gasteiger partial charge in [-0.3, -0.25) is 4.79 Å². The topological polar surface area (TPSA) is 20.3 Å². The zero-order valence-electron chi connectivity index (χ0n) is 10.0. The van der Waals surface area contributed by atoms with Crippen molar-refractivity contribution in [1.82, 2.24) is 4.90 Å². The molecule has 86 valence electrons. The first-order valence-electron chi connectivity index (χ1n) is 6.44. The largest absolute Gasteiger partial charge is 0.342 e. The van der Waals surface area contributed by atoms with Crippen molar-refractivity contribution in [2.75, 3.05) is 13.1 Å². The van der Waals surface area contributed by atoms with E-state index in [0.717, 1.165) is 37.3 Å². The van der Waals surface area contributed by atoms with Crippen molar-refractivity contribution in [1.29, 1.82) is 0 Å². The highest BCUT2D eigenvalue weighted by Gasteiger charge is 2.30. The Balaban J connectivity index is 1.82. The van der Waals surface area contributed by atoms with Crippen LogP contribution >= 0.6 is 0 Å². The Labute approximate surface area is 93.0 Å². The molecule has 1 aliphatic heterocycles. The first-order valence-corrected chi connectivity index (χ1v) is 6.44. The molecule has 0 spiro atoms. The molecule has 1 atom stereocenters. The van der Waals surface area contributed by atoms with Gasteiger partial charge >= 0.3 is 0 Å². The monoisotopic (exact) mass is 209 g/mol. The predicted octanol–water partition coefficient (Wildman–Crippen LogP) is 2.68. The van der Waals surface area contributed by atoms with Gasteiger partial charge in [-0.05, 0) is 43.4 Å². The van der Waals surface area contributed by atoms with Gasteiger partial charge in [0.25, 0.3) is 0 Å². The van der Waals surface area contributed by atoms with Crippen molar-refractivity contribution >= 4 is 5.91 Å². The summed E-state index contributed by atoms with van der Waals surface area (Å²) in [5, 5.41) is 0. The minimum Gasteiger partial charge on any atom is -0.342 e. The van der Waals surface area contributed by atoms with Gasteiger partial charge in [0, 0.05) is 19.5 Å². The fraction of sp³-hybridized carbons (Fsp3) is 0.923. The smallest absolute Gasteiger partial charge is 0.222 e. The van der Waals surface area contributed by atoms with Crippen LogP contribution in [0.25, 0.3) is 0 Å². The zero-order chi connectivity index (χ0) is 10.8. The number of hydrogen-bond donors (Lipinski definition) is 0. The maximum absolute atomic E-state index is 11.9. The normalized spacial score (nSPS) is 27.1. The third kappa shape index (κ3) is 2.96. The molecule has 1 aliphatic carbocycles. The van der Waals surface area contributed by atoms with Crippen molar-refractivity contribution in [3.63, 3.8) is 0 Å². The van der Waals surface area contributed by atoms with E-state index in [1.165, 1.54) is 25.7 Å². The summed E-state index contributed by atoms with van der Waals surface area (Å²) in [6.07, 6.45) is 5.91. The van der Waals surface area contributed by atoms with Crippen molar-refractivity contribution in [2.24, 2.45) is 17.8 Å². The lowest BCUT2D eigenvalue weighted by molar-refractivity contribution is -0.133. The third-order valence-electron chi connectivity index (χ3n) is 3.91. The van der Waals surface area contributed by atoms with Crippen molar-refractivity contribution in [3.05, 3.63) is 0 Å². The number of piperidine rings is 1. The number of carbonyl (C=O) groups is 1. The lowest BCUT2D eigenvalue weighted by Crippen LogP contribution is -2.41. The molecule has 1 amide bonds. The molecule has 2 nitrogen and oxygen atoms in total. The van der Waals surface area contributed by atoms with Crippen LogP contribution in [0, 0.1) is 17.8 Å².